The minimum absolute atomic E-state index is 0.118. The average Bonchev–Trinajstić information content (AvgIpc) is 2.18. The van der Waals surface area contributed by atoms with Crippen molar-refractivity contribution < 1.29 is 18.3 Å². The molecule has 3 N–H and O–H groups in total. The summed E-state index contributed by atoms with van der Waals surface area (Å²) in [5, 5.41) is 8.80. The third kappa shape index (κ3) is 4.01. The first-order valence-electron chi connectivity index (χ1n) is 5.35. The molecule has 0 amide bonds. The van der Waals surface area contributed by atoms with Crippen molar-refractivity contribution in [2.24, 2.45) is 0 Å². The summed E-state index contributed by atoms with van der Waals surface area (Å²) in [6, 6.07) is 3.97. The summed E-state index contributed by atoms with van der Waals surface area (Å²) in [6.07, 6.45) is 0. The molecule has 1 aromatic carbocycles. The SMILES string of the molecule is Cc1cc(C(=O)O)ccc1NS(=O)(=O)NC(C)C. The molecule has 0 fully saturated rings. The van der Waals surface area contributed by atoms with Crippen molar-refractivity contribution in [3.05, 3.63) is 29.3 Å². The van der Waals surface area contributed by atoms with E-state index in [1.165, 1.54) is 18.2 Å². The van der Waals surface area contributed by atoms with E-state index >= 15 is 0 Å². The van der Waals surface area contributed by atoms with Gasteiger partial charge >= 0.3 is 5.97 Å². The van der Waals surface area contributed by atoms with Crippen LogP contribution in [0.25, 0.3) is 0 Å². The summed E-state index contributed by atoms with van der Waals surface area (Å²) in [5.74, 6) is -1.05. The van der Waals surface area contributed by atoms with Crippen LogP contribution in [-0.2, 0) is 10.2 Å². The van der Waals surface area contributed by atoms with Gasteiger partial charge in [-0.25, -0.2) is 4.79 Å². The molecule has 0 saturated heterocycles. The normalized spacial score (nSPS) is 11.6. The number of carboxylic acid groups (broad SMARTS) is 1. The van der Waals surface area contributed by atoms with Crippen molar-refractivity contribution in [1.82, 2.24) is 4.72 Å². The third-order valence-electron chi connectivity index (χ3n) is 2.11. The van der Waals surface area contributed by atoms with E-state index in [0.29, 0.717) is 11.3 Å². The molecule has 0 saturated carbocycles. The van der Waals surface area contributed by atoms with Crippen molar-refractivity contribution >= 4 is 21.9 Å². The Labute approximate surface area is 106 Å². The Morgan fingerprint density at radius 1 is 1.33 bits per heavy atom. The van der Waals surface area contributed by atoms with Gasteiger partial charge in [0.05, 0.1) is 11.3 Å². The van der Waals surface area contributed by atoms with E-state index in [4.69, 9.17) is 5.11 Å². The molecule has 0 spiro atoms. The van der Waals surface area contributed by atoms with Crippen LogP contribution >= 0.6 is 0 Å². The molecule has 7 heteroatoms. The molecule has 18 heavy (non-hydrogen) atoms. The lowest BCUT2D eigenvalue weighted by molar-refractivity contribution is 0.0697. The Balaban J connectivity index is 2.96. The predicted molar refractivity (Wildman–Crippen MR) is 69.0 cm³/mol. The topological polar surface area (TPSA) is 95.5 Å². The van der Waals surface area contributed by atoms with E-state index in [0.717, 1.165) is 0 Å². The van der Waals surface area contributed by atoms with Crippen LogP contribution < -0.4 is 9.44 Å². The van der Waals surface area contributed by atoms with Gasteiger partial charge in [0.25, 0.3) is 10.2 Å². The van der Waals surface area contributed by atoms with E-state index in [1.54, 1.807) is 20.8 Å². The van der Waals surface area contributed by atoms with Crippen LogP contribution in [0.15, 0.2) is 18.2 Å². The highest BCUT2D eigenvalue weighted by Gasteiger charge is 2.13. The first kappa shape index (κ1) is 14.5. The van der Waals surface area contributed by atoms with Crippen molar-refractivity contribution in [2.75, 3.05) is 4.72 Å². The fourth-order valence-electron chi connectivity index (χ4n) is 1.40. The smallest absolute Gasteiger partial charge is 0.335 e. The van der Waals surface area contributed by atoms with Crippen LogP contribution in [0.5, 0.6) is 0 Å². The van der Waals surface area contributed by atoms with Crippen LogP contribution in [0.1, 0.15) is 29.8 Å². The lowest BCUT2D eigenvalue weighted by atomic mass is 10.1. The maximum Gasteiger partial charge on any atom is 0.335 e. The standard InChI is InChI=1S/C11H16N2O4S/c1-7(2)12-18(16,17)13-10-5-4-9(11(14)15)6-8(10)3/h4-7,12-13H,1-3H3,(H,14,15). The molecule has 0 radical (unpaired) electrons. The number of aryl methyl sites for hydroxylation is 1. The largest absolute Gasteiger partial charge is 0.478 e. The molecule has 0 unspecified atom stereocenters. The quantitative estimate of drug-likeness (QED) is 0.754. The molecule has 0 heterocycles. The number of aromatic carboxylic acids is 1. The molecular formula is C11H16N2O4S. The molecular weight excluding hydrogens is 256 g/mol. The fraction of sp³-hybridized carbons (Fsp3) is 0.364. The number of rotatable bonds is 5. The van der Waals surface area contributed by atoms with Gasteiger partial charge in [-0.3, -0.25) is 4.72 Å². The zero-order valence-corrected chi connectivity index (χ0v) is 11.2. The zero-order valence-electron chi connectivity index (χ0n) is 10.4. The van der Waals surface area contributed by atoms with Crippen LogP contribution in [0, 0.1) is 6.92 Å². The minimum Gasteiger partial charge on any atom is -0.478 e. The average molecular weight is 272 g/mol. The summed E-state index contributed by atoms with van der Waals surface area (Å²) >= 11 is 0. The van der Waals surface area contributed by atoms with E-state index in [9.17, 15) is 13.2 Å². The van der Waals surface area contributed by atoms with Gasteiger partial charge in [-0.2, -0.15) is 13.1 Å². The second kappa shape index (κ2) is 5.36. The van der Waals surface area contributed by atoms with Crippen molar-refractivity contribution in [3.63, 3.8) is 0 Å². The van der Waals surface area contributed by atoms with E-state index in [1.807, 2.05) is 0 Å². The Kier molecular flexibility index (Phi) is 4.31. The summed E-state index contributed by atoms with van der Waals surface area (Å²) in [7, 11) is -3.64. The second-order valence-corrected chi connectivity index (χ2v) is 5.66. The zero-order chi connectivity index (χ0) is 13.9. The van der Waals surface area contributed by atoms with E-state index < -0.39 is 16.2 Å². The van der Waals surface area contributed by atoms with Gasteiger partial charge < -0.3 is 5.11 Å². The monoisotopic (exact) mass is 272 g/mol. The maximum absolute atomic E-state index is 11.6. The summed E-state index contributed by atoms with van der Waals surface area (Å²) in [4.78, 5) is 10.7. The third-order valence-corrected chi connectivity index (χ3v) is 3.38. The van der Waals surface area contributed by atoms with Crippen molar-refractivity contribution in [2.45, 2.75) is 26.8 Å². The number of carbonyl (C=O) groups is 1. The number of carboxylic acids is 1. The summed E-state index contributed by atoms with van der Waals surface area (Å²) < 4.78 is 28.0. The summed E-state index contributed by atoms with van der Waals surface area (Å²) in [5.41, 5.74) is 1.02. The maximum atomic E-state index is 11.6. The molecule has 0 aromatic heterocycles. The number of nitrogens with one attached hydrogen (secondary N) is 2. The van der Waals surface area contributed by atoms with E-state index in [2.05, 4.69) is 9.44 Å². The Morgan fingerprint density at radius 3 is 2.39 bits per heavy atom. The van der Waals surface area contributed by atoms with Crippen molar-refractivity contribution in [1.29, 1.82) is 0 Å². The van der Waals surface area contributed by atoms with Crippen LogP contribution in [0.3, 0.4) is 0 Å². The Morgan fingerprint density at radius 2 is 1.94 bits per heavy atom. The number of benzene rings is 1. The highest BCUT2D eigenvalue weighted by Crippen LogP contribution is 2.17. The first-order valence-corrected chi connectivity index (χ1v) is 6.83. The molecule has 1 rings (SSSR count). The van der Waals surface area contributed by atoms with E-state index in [-0.39, 0.29) is 11.6 Å². The highest BCUT2D eigenvalue weighted by molar-refractivity contribution is 7.90. The number of hydrogen-bond acceptors (Lipinski definition) is 3. The number of hydrogen-bond donors (Lipinski definition) is 3. The lowest BCUT2D eigenvalue weighted by Crippen LogP contribution is -2.35. The molecule has 0 atom stereocenters. The van der Waals surface area contributed by atoms with Crippen LogP contribution in [-0.4, -0.2) is 25.5 Å². The van der Waals surface area contributed by atoms with Crippen molar-refractivity contribution in [3.8, 4) is 0 Å². The van der Waals surface area contributed by atoms with Gasteiger partial charge in [-0.05, 0) is 44.5 Å². The Hall–Kier alpha value is -1.60. The lowest BCUT2D eigenvalue weighted by Gasteiger charge is -2.13. The van der Waals surface area contributed by atoms with Gasteiger partial charge in [-0.15, -0.1) is 0 Å². The second-order valence-electron chi connectivity index (χ2n) is 4.21. The molecule has 0 aliphatic heterocycles. The molecule has 0 aliphatic rings. The Bertz CT molecular complexity index is 552. The predicted octanol–water partition coefficient (Wildman–Crippen LogP) is 1.35. The fourth-order valence-corrected chi connectivity index (χ4v) is 2.59. The van der Waals surface area contributed by atoms with Gasteiger partial charge in [0, 0.05) is 6.04 Å². The van der Waals surface area contributed by atoms with Crippen LogP contribution in [0.4, 0.5) is 5.69 Å². The summed E-state index contributed by atoms with van der Waals surface area (Å²) in [6.45, 7) is 5.05. The van der Waals surface area contributed by atoms with Gasteiger partial charge in [0.2, 0.25) is 0 Å². The first-order chi connectivity index (χ1) is 8.21. The molecule has 0 bridgehead atoms. The molecule has 6 nitrogen and oxygen atoms in total. The number of anilines is 1. The molecule has 100 valence electrons. The highest BCUT2D eigenvalue weighted by atomic mass is 32.2. The molecule has 0 aliphatic carbocycles. The van der Waals surface area contributed by atoms with Gasteiger partial charge in [0.15, 0.2) is 0 Å². The van der Waals surface area contributed by atoms with Gasteiger partial charge in [-0.1, -0.05) is 0 Å². The molecule has 1 aromatic rings. The minimum atomic E-state index is -3.64. The van der Waals surface area contributed by atoms with Crippen LogP contribution in [0.2, 0.25) is 0 Å². The van der Waals surface area contributed by atoms with Gasteiger partial charge in [0.1, 0.15) is 0 Å².